The third kappa shape index (κ3) is 5.24. The lowest BCUT2D eigenvalue weighted by molar-refractivity contribution is 0.0422. The Balaban J connectivity index is 1.81. The molecule has 27 heavy (non-hydrogen) atoms. The summed E-state index contributed by atoms with van der Waals surface area (Å²) in [6.07, 6.45) is 4.19. The summed E-state index contributed by atoms with van der Waals surface area (Å²) in [7, 11) is 1.36. The van der Waals surface area contributed by atoms with Crippen molar-refractivity contribution >= 4 is 9.24 Å². The number of pyridine rings is 1. The van der Waals surface area contributed by atoms with Crippen LogP contribution in [0.15, 0.2) is 52.4 Å². The zero-order valence-corrected chi connectivity index (χ0v) is 15.0. The molecule has 0 bridgehead atoms. The molecule has 3 rings (SSSR count). The fourth-order valence-electron chi connectivity index (χ4n) is 2.16. The molecule has 1 unspecified atom stereocenters. The second-order valence-electron chi connectivity index (χ2n) is 5.58. The number of alkyl halides is 2. The van der Waals surface area contributed by atoms with Crippen molar-refractivity contribution in [2.45, 2.75) is 12.2 Å². The van der Waals surface area contributed by atoms with Crippen LogP contribution in [-0.2, 0) is 6.54 Å². The molecule has 0 radical (unpaired) electrons. The summed E-state index contributed by atoms with van der Waals surface area (Å²) >= 11 is 0. The quantitative estimate of drug-likeness (QED) is 0.633. The van der Waals surface area contributed by atoms with E-state index in [0.717, 1.165) is 0 Å². The van der Waals surface area contributed by atoms with Crippen molar-refractivity contribution < 1.29 is 13.5 Å². The monoisotopic (exact) mass is 393 g/mol. The molecule has 0 spiro atoms. The number of aromatic nitrogens is 5. The number of H-pyrrole nitrogens is 1. The molecule has 0 amide bonds. The van der Waals surface area contributed by atoms with Gasteiger partial charge in [0.25, 0.3) is 11.2 Å². The second-order valence-corrected chi connectivity index (χ2v) is 6.42. The van der Waals surface area contributed by atoms with E-state index in [-0.39, 0.29) is 23.7 Å². The summed E-state index contributed by atoms with van der Waals surface area (Å²) in [5, 5.41) is 4.23. The Hall–Kier alpha value is -3.00. The van der Waals surface area contributed by atoms with Gasteiger partial charge in [0.15, 0.2) is 6.61 Å². The smallest absolute Gasteiger partial charge is 0.316 e. The highest BCUT2D eigenvalue weighted by molar-refractivity contribution is 7.18. The Bertz CT molecular complexity index is 1050. The van der Waals surface area contributed by atoms with Crippen LogP contribution in [0.1, 0.15) is 5.56 Å². The maximum absolute atomic E-state index is 12.8. The molecule has 0 saturated carbocycles. The molecular weight excluding hydrogens is 379 g/mol. The number of ether oxygens (including phenoxy) is 1. The van der Waals surface area contributed by atoms with Crippen molar-refractivity contribution in [2.24, 2.45) is 0 Å². The number of hydrogen-bond donors (Lipinski definition) is 1. The molecule has 3 aromatic heterocycles. The number of rotatable bonds is 6. The standard InChI is InChI=1S/C16H14F2N5O3P/c17-16(18,27)9-26-15-20-6-11(7-21-15)12-1-2-14(25)23(22-12)8-10-3-4-19-13(24)5-10/h1-7H,8-9,27H2,(H,19,24). The van der Waals surface area contributed by atoms with Crippen LogP contribution in [-0.4, -0.2) is 37.0 Å². The first-order chi connectivity index (χ1) is 12.8. The SMILES string of the molecule is O=c1cc(Cn2nc(-c3cnc(OCC(F)(F)P)nc3)ccc2=O)cc[nH]1. The van der Waals surface area contributed by atoms with Gasteiger partial charge in [0.05, 0.1) is 12.2 Å². The fourth-order valence-corrected chi connectivity index (χ4v) is 2.24. The zero-order valence-electron chi connectivity index (χ0n) is 13.8. The Labute approximate surface area is 153 Å². The van der Waals surface area contributed by atoms with Crippen LogP contribution >= 0.6 is 9.24 Å². The molecular formula is C16H14F2N5O3P. The van der Waals surface area contributed by atoms with Crippen molar-refractivity contribution in [3.8, 4) is 17.3 Å². The van der Waals surface area contributed by atoms with Crippen LogP contribution in [0.2, 0.25) is 0 Å². The molecule has 1 N–H and O–H groups in total. The summed E-state index contributed by atoms with van der Waals surface area (Å²) in [6, 6.07) is 5.66. The lowest BCUT2D eigenvalue weighted by Gasteiger charge is -2.10. The predicted octanol–water partition coefficient (Wildman–Crippen LogP) is 1.28. The molecule has 3 heterocycles. The first-order valence-corrected chi connectivity index (χ1v) is 8.26. The molecule has 140 valence electrons. The minimum Gasteiger partial charge on any atom is -0.457 e. The highest BCUT2D eigenvalue weighted by Gasteiger charge is 2.22. The van der Waals surface area contributed by atoms with Crippen LogP contribution in [0.3, 0.4) is 0 Å². The summed E-state index contributed by atoms with van der Waals surface area (Å²) in [6.45, 7) is -0.752. The minimum atomic E-state index is -3.07. The average Bonchev–Trinajstić information content (AvgIpc) is 2.62. The van der Waals surface area contributed by atoms with E-state index in [1.54, 1.807) is 6.07 Å². The second kappa shape index (κ2) is 7.71. The van der Waals surface area contributed by atoms with E-state index in [1.807, 2.05) is 0 Å². The van der Waals surface area contributed by atoms with Gasteiger partial charge in [0.2, 0.25) is 5.56 Å². The Morgan fingerprint density at radius 2 is 1.93 bits per heavy atom. The summed E-state index contributed by atoms with van der Waals surface area (Å²) < 4.78 is 31.5. The van der Waals surface area contributed by atoms with Gasteiger partial charge in [0.1, 0.15) is 0 Å². The Morgan fingerprint density at radius 1 is 1.19 bits per heavy atom. The van der Waals surface area contributed by atoms with Gasteiger partial charge in [-0.05, 0) is 17.7 Å². The third-order valence-electron chi connectivity index (χ3n) is 3.36. The van der Waals surface area contributed by atoms with Crippen molar-refractivity contribution in [1.29, 1.82) is 0 Å². The van der Waals surface area contributed by atoms with Crippen molar-refractivity contribution in [1.82, 2.24) is 24.7 Å². The van der Waals surface area contributed by atoms with E-state index in [4.69, 9.17) is 4.74 Å². The Kier molecular flexibility index (Phi) is 5.36. The van der Waals surface area contributed by atoms with Crippen LogP contribution in [0.5, 0.6) is 6.01 Å². The van der Waals surface area contributed by atoms with E-state index in [0.29, 0.717) is 16.8 Å². The summed E-state index contributed by atoms with van der Waals surface area (Å²) in [5.74, 6) is 0. The van der Waals surface area contributed by atoms with E-state index in [9.17, 15) is 18.4 Å². The molecule has 0 aliphatic rings. The number of nitrogens with one attached hydrogen (secondary N) is 1. The van der Waals surface area contributed by atoms with Gasteiger partial charge in [0, 0.05) is 36.3 Å². The molecule has 0 aromatic carbocycles. The molecule has 1 atom stereocenters. The topological polar surface area (TPSA) is 103 Å². The predicted molar refractivity (Wildman–Crippen MR) is 95.8 cm³/mol. The summed E-state index contributed by atoms with van der Waals surface area (Å²) in [5.41, 5.74) is -2.21. The maximum Gasteiger partial charge on any atom is 0.316 e. The number of aromatic amines is 1. The lowest BCUT2D eigenvalue weighted by Crippen LogP contribution is -2.23. The number of hydrogen-bond acceptors (Lipinski definition) is 6. The number of halogens is 2. The van der Waals surface area contributed by atoms with Gasteiger partial charge >= 0.3 is 6.01 Å². The van der Waals surface area contributed by atoms with Gasteiger partial charge in [-0.2, -0.15) is 13.9 Å². The van der Waals surface area contributed by atoms with E-state index in [1.165, 1.54) is 50.7 Å². The largest absolute Gasteiger partial charge is 0.457 e. The zero-order chi connectivity index (χ0) is 19.4. The first-order valence-electron chi connectivity index (χ1n) is 7.68. The van der Waals surface area contributed by atoms with Gasteiger partial charge in [-0.25, -0.2) is 14.6 Å². The molecule has 0 aliphatic heterocycles. The highest BCUT2D eigenvalue weighted by Crippen LogP contribution is 2.22. The van der Waals surface area contributed by atoms with E-state index in [2.05, 4.69) is 20.1 Å². The van der Waals surface area contributed by atoms with Crippen molar-refractivity contribution in [3.05, 3.63) is 69.1 Å². The normalized spacial score (nSPS) is 11.4. The average molecular weight is 393 g/mol. The van der Waals surface area contributed by atoms with E-state index < -0.39 is 12.3 Å². The van der Waals surface area contributed by atoms with Gasteiger partial charge in [-0.1, -0.05) is 9.24 Å². The molecule has 8 nitrogen and oxygen atoms in total. The van der Waals surface area contributed by atoms with Gasteiger partial charge in [-0.3, -0.25) is 9.59 Å². The van der Waals surface area contributed by atoms with Crippen LogP contribution in [0.4, 0.5) is 8.78 Å². The van der Waals surface area contributed by atoms with Crippen LogP contribution < -0.4 is 15.9 Å². The molecule has 0 fully saturated rings. The number of nitrogens with zero attached hydrogens (tertiary/aromatic N) is 4. The Morgan fingerprint density at radius 3 is 2.59 bits per heavy atom. The third-order valence-corrected chi connectivity index (χ3v) is 3.52. The summed E-state index contributed by atoms with van der Waals surface area (Å²) in [4.78, 5) is 33.6. The maximum atomic E-state index is 12.8. The molecule has 3 aromatic rings. The minimum absolute atomic E-state index is 0.113. The fraction of sp³-hybridized carbons (Fsp3) is 0.188. The van der Waals surface area contributed by atoms with Crippen molar-refractivity contribution in [2.75, 3.05) is 6.61 Å². The molecule has 11 heteroatoms. The van der Waals surface area contributed by atoms with E-state index >= 15 is 0 Å². The highest BCUT2D eigenvalue weighted by atomic mass is 31.0. The van der Waals surface area contributed by atoms with Crippen LogP contribution in [0.25, 0.3) is 11.3 Å². The molecule has 0 aliphatic carbocycles. The molecule has 0 saturated heterocycles. The lowest BCUT2D eigenvalue weighted by atomic mass is 10.2. The van der Waals surface area contributed by atoms with Gasteiger partial charge in [-0.15, -0.1) is 0 Å². The van der Waals surface area contributed by atoms with Crippen molar-refractivity contribution in [3.63, 3.8) is 0 Å². The van der Waals surface area contributed by atoms with Gasteiger partial charge < -0.3 is 9.72 Å². The first kappa shape index (κ1) is 18.8. The van der Waals surface area contributed by atoms with Crippen LogP contribution in [0, 0.1) is 0 Å².